The van der Waals surface area contributed by atoms with Crippen molar-refractivity contribution in [3.05, 3.63) is 58.7 Å². The zero-order valence-electron chi connectivity index (χ0n) is 11.2. The minimum Gasteiger partial charge on any atom is -0.373 e. The van der Waals surface area contributed by atoms with Gasteiger partial charge in [-0.15, -0.1) is 0 Å². The summed E-state index contributed by atoms with van der Waals surface area (Å²) in [7, 11) is 3.96. The van der Waals surface area contributed by atoms with Crippen molar-refractivity contribution < 1.29 is 0 Å². The normalized spacial score (nSPS) is 10.7. The second-order valence-electron chi connectivity index (χ2n) is 4.56. The molecule has 0 bridgehead atoms. The molecule has 0 aliphatic carbocycles. The average molecular weight is 276 g/mol. The smallest absolute Gasteiger partial charge is 0.125 e. The largest absolute Gasteiger partial charge is 0.373 e. The summed E-state index contributed by atoms with van der Waals surface area (Å²) in [4.78, 5) is 6.44. The van der Waals surface area contributed by atoms with E-state index < -0.39 is 0 Å². The number of nitrogens with zero attached hydrogens (tertiary/aromatic N) is 2. The fraction of sp³-hybridized carbons (Fsp3) is 0.267. The molecule has 0 aliphatic rings. The number of halogens is 1. The van der Waals surface area contributed by atoms with Gasteiger partial charge in [0.2, 0.25) is 0 Å². The number of hydrogen-bond donors (Lipinski definition) is 1. The molecule has 0 unspecified atom stereocenters. The highest BCUT2D eigenvalue weighted by atomic mass is 35.5. The maximum atomic E-state index is 6.17. The van der Waals surface area contributed by atoms with Crippen LogP contribution in [0.2, 0.25) is 5.02 Å². The summed E-state index contributed by atoms with van der Waals surface area (Å²) in [5, 5.41) is 3.87. The van der Waals surface area contributed by atoms with E-state index in [0.717, 1.165) is 29.5 Å². The molecule has 0 spiro atoms. The second kappa shape index (κ2) is 6.55. The van der Waals surface area contributed by atoms with Crippen molar-refractivity contribution in [2.24, 2.45) is 0 Å². The van der Waals surface area contributed by atoms with E-state index in [2.05, 4.69) is 34.4 Å². The molecule has 0 aliphatic heterocycles. The Labute approximate surface area is 119 Å². The third kappa shape index (κ3) is 3.94. The quantitative estimate of drug-likeness (QED) is 0.906. The number of rotatable bonds is 5. The SMILES string of the molecule is CNc1cc(CN(C)Cc2ccccc2Cl)ccn1. The number of anilines is 1. The van der Waals surface area contributed by atoms with Crippen molar-refractivity contribution in [3.8, 4) is 0 Å². The van der Waals surface area contributed by atoms with Gasteiger partial charge in [0.15, 0.2) is 0 Å². The van der Waals surface area contributed by atoms with E-state index in [1.54, 1.807) is 0 Å². The van der Waals surface area contributed by atoms with Crippen molar-refractivity contribution in [1.29, 1.82) is 0 Å². The second-order valence-corrected chi connectivity index (χ2v) is 4.97. The molecule has 0 amide bonds. The van der Waals surface area contributed by atoms with Crippen molar-refractivity contribution in [2.45, 2.75) is 13.1 Å². The van der Waals surface area contributed by atoms with Crippen LogP contribution in [-0.2, 0) is 13.1 Å². The molecule has 1 aromatic carbocycles. The Morgan fingerprint density at radius 1 is 1.21 bits per heavy atom. The van der Waals surface area contributed by atoms with E-state index in [9.17, 15) is 0 Å². The van der Waals surface area contributed by atoms with Crippen LogP contribution in [0.5, 0.6) is 0 Å². The van der Waals surface area contributed by atoms with Gasteiger partial charge in [0.1, 0.15) is 5.82 Å². The van der Waals surface area contributed by atoms with E-state index in [1.165, 1.54) is 5.56 Å². The first-order chi connectivity index (χ1) is 9.19. The maximum absolute atomic E-state index is 6.17. The fourth-order valence-corrected chi connectivity index (χ4v) is 2.19. The van der Waals surface area contributed by atoms with Crippen molar-refractivity contribution in [1.82, 2.24) is 9.88 Å². The Morgan fingerprint density at radius 3 is 2.74 bits per heavy atom. The minimum absolute atomic E-state index is 0.819. The number of aromatic nitrogens is 1. The Morgan fingerprint density at radius 2 is 2.00 bits per heavy atom. The molecule has 2 aromatic rings. The molecule has 0 fully saturated rings. The molecule has 100 valence electrons. The van der Waals surface area contributed by atoms with E-state index in [1.807, 2.05) is 37.5 Å². The number of nitrogens with one attached hydrogen (secondary N) is 1. The lowest BCUT2D eigenvalue weighted by Crippen LogP contribution is -2.17. The number of hydrogen-bond acceptors (Lipinski definition) is 3. The molecule has 4 heteroatoms. The first kappa shape index (κ1) is 13.8. The lowest BCUT2D eigenvalue weighted by Gasteiger charge is -2.17. The van der Waals surface area contributed by atoms with Crippen LogP contribution in [0.25, 0.3) is 0 Å². The highest BCUT2D eigenvalue weighted by Gasteiger charge is 2.05. The van der Waals surface area contributed by atoms with Gasteiger partial charge in [-0.2, -0.15) is 0 Å². The molecule has 3 nitrogen and oxygen atoms in total. The Kier molecular flexibility index (Phi) is 4.77. The van der Waals surface area contributed by atoms with Crippen LogP contribution in [0, 0.1) is 0 Å². The first-order valence-corrected chi connectivity index (χ1v) is 6.61. The lowest BCUT2D eigenvalue weighted by atomic mass is 10.2. The highest BCUT2D eigenvalue weighted by molar-refractivity contribution is 6.31. The van der Waals surface area contributed by atoms with Crippen LogP contribution < -0.4 is 5.32 Å². The van der Waals surface area contributed by atoms with Crippen molar-refractivity contribution in [2.75, 3.05) is 19.4 Å². The summed E-state index contributed by atoms with van der Waals surface area (Å²) < 4.78 is 0. The third-order valence-electron chi connectivity index (χ3n) is 2.93. The van der Waals surface area contributed by atoms with Crippen LogP contribution in [0.3, 0.4) is 0 Å². The lowest BCUT2D eigenvalue weighted by molar-refractivity contribution is 0.319. The fourth-order valence-electron chi connectivity index (χ4n) is 1.99. The van der Waals surface area contributed by atoms with Crippen LogP contribution in [0.4, 0.5) is 5.82 Å². The molecule has 0 radical (unpaired) electrons. The highest BCUT2D eigenvalue weighted by Crippen LogP contribution is 2.17. The summed E-state index contributed by atoms with van der Waals surface area (Å²) >= 11 is 6.17. The molecule has 0 saturated carbocycles. The van der Waals surface area contributed by atoms with Crippen LogP contribution >= 0.6 is 11.6 Å². The standard InChI is InChI=1S/C15H18ClN3/c1-17-15-9-12(7-8-18-15)10-19(2)11-13-5-3-4-6-14(13)16/h3-9H,10-11H2,1-2H3,(H,17,18). The number of benzene rings is 1. The predicted molar refractivity (Wildman–Crippen MR) is 80.4 cm³/mol. The zero-order chi connectivity index (χ0) is 13.7. The summed E-state index contributed by atoms with van der Waals surface area (Å²) in [6.07, 6.45) is 1.82. The van der Waals surface area contributed by atoms with Gasteiger partial charge in [0, 0.05) is 31.4 Å². The topological polar surface area (TPSA) is 28.2 Å². The van der Waals surface area contributed by atoms with Crippen LogP contribution in [0.1, 0.15) is 11.1 Å². The van der Waals surface area contributed by atoms with E-state index in [0.29, 0.717) is 0 Å². The van der Waals surface area contributed by atoms with Gasteiger partial charge in [-0.05, 0) is 36.4 Å². The van der Waals surface area contributed by atoms with Crippen LogP contribution in [0.15, 0.2) is 42.6 Å². The Bertz CT molecular complexity index is 542. The maximum Gasteiger partial charge on any atom is 0.125 e. The average Bonchev–Trinajstić information content (AvgIpc) is 2.41. The monoisotopic (exact) mass is 275 g/mol. The molecule has 1 heterocycles. The molecule has 2 rings (SSSR count). The Hall–Kier alpha value is -1.58. The molecular weight excluding hydrogens is 258 g/mol. The minimum atomic E-state index is 0.819. The third-order valence-corrected chi connectivity index (χ3v) is 3.30. The first-order valence-electron chi connectivity index (χ1n) is 6.23. The molecule has 19 heavy (non-hydrogen) atoms. The molecule has 0 atom stereocenters. The van der Waals surface area contributed by atoms with Crippen molar-refractivity contribution >= 4 is 17.4 Å². The van der Waals surface area contributed by atoms with E-state index in [4.69, 9.17) is 11.6 Å². The molecule has 1 N–H and O–H groups in total. The van der Waals surface area contributed by atoms with Crippen LogP contribution in [-0.4, -0.2) is 24.0 Å². The summed E-state index contributed by atoms with van der Waals surface area (Å²) in [5.41, 5.74) is 2.38. The summed E-state index contributed by atoms with van der Waals surface area (Å²) in [5.74, 6) is 0.892. The van der Waals surface area contributed by atoms with Gasteiger partial charge in [-0.1, -0.05) is 29.8 Å². The Balaban J connectivity index is 2.01. The van der Waals surface area contributed by atoms with Gasteiger partial charge < -0.3 is 5.32 Å². The van der Waals surface area contributed by atoms with Gasteiger partial charge in [-0.25, -0.2) is 4.98 Å². The number of pyridine rings is 1. The van der Waals surface area contributed by atoms with Crippen molar-refractivity contribution in [3.63, 3.8) is 0 Å². The molecule has 0 saturated heterocycles. The summed E-state index contributed by atoms with van der Waals surface area (Å²) in [6.45, 7) is 1.69. The van der Waals surface area contributed by atoms with E-state index >= 15 is 0 Å². The van der Waals surface area contributed by atoms with Gasteiger partial charge in [0.25, 0.3) is 0 Å². The van der Waals surface area contributed by atoms with Gasteiger partial charge in [-0.3, -0.25) is 4.90 Å². The zero-order valence-corrected chi connectivity index (χ0v) is 12.0. The van der Waals surface area contributed by atoms with Gasteiger partial charge in [0.05, 0.1) is 0 Å². The van der Waals surface area contributed by atoms with E-state index in [-0.39, 0.29) is 0 Å². The predicted octanol–water partition coefficient (Wildman–Crippen LogP) is 3.41. The van der Waals surface area contributed by atoms with Gasteiger partial charge >= 0.3 is 0 Å². The summed E-state index contributed by atoms with van der Waals surface area (Å²) in [6, 6.07) is 12.0. The molecule has 1 aromatic heterocycles. The molecular formula is C15H18ClN3.